The number of anilines is 1. The number of aliphatic carboxylic acids is 1. The molecule has 0 aliphatic carbocycles. The monoisotopic (exact) mass is 488 g/mol. The minimum Gasteiger partial charge on any atom is -0.480 e. The number of nitrogens with zero attached hydrogens (tertiary/aromatic N) is 2. The fourth-order valence-electron chi connectivity index (χ4n) is 4.44. The minimum absolute atomic E-state index is 0.177. The topological polar surface area (TPSA) is 94.6 Å². The number of benzene rings is 3. The van der Waals surface area contributed by atoms with Crippen LogP contribution in [0.3, 0.4) is 0 Å². The molecule has 0 fully saturated rings. The lowest BCUT2D eigenvalue weighted by Crippen LogP contribution is -2.54. The van der Waals surface area contributed by atoms with Gasteiger partial charge in [0.2, 0.25) is 0 Å². The van der Waals surface area contributed by atoms with Gasteiger partial charge in [-0.25, -0.2) is 9.78 Å². The first-order chi connectivity index (χ1) is 17.0. The van der Waals surface area contributed by atoms with E-state index in [4.69, 9.17) is 5.11 Å². The first kappa shape index (κ1) is 24.4. The Kier molecular flexibility index (Phi) is 7.74. The first-order valence-electron chi connectivity index (χ1n) is 11.5. The number of hydrogen-bond donors (Lipinski definition) is 3. The summed E-state index contributed by atoms with van der Waals surface area (Å²) in [5.74, 6) is -0.941. The van der Waals surface area contributed by atoms with Gasteiger partial charge in [0.15, 0.2) is 5.13 Å². The van der Waals surface area contributed by atoms with Gasteiger partial charge in [0, 0.05) is 13.1 Å². The summed E-state index contributed by atoms with van der Waals surface area (Å²) < 4.78 is 0.991. The van der Waals surface area contributed by atoms with Crippen LogP contribution in [0.5, 0.6) is 0 Å². The first-order valence-corrected chi connectivity index (χ1v) is 12.3. The quantitative estimate of drug-likeness (QED) is 0.268. The summed E-state index contributed by atoms with van der Waals surface area (Å²) in [6.07, 6.45) is 0.618. The van der Waals surface area contributed by atoms with Crippen molar-refractivity contribution < 1.29 is 14.7 Å². The van der Waals surface area contributed by atoms with Crippen molar-refractivity contribution in [1.29, 1.82) is 0 Å². The van der Waals surface area contributed by atoms with Crippen LogP contribution in [0.15, 0.2) is 84.9 Å². The number of thiazole rings is 1. The fourth-order valence-corrected chi connectivity index (χ4v) is 5.30. The van der Waals surface area contributed by atoms with E-state index in [1.165, 1.54) is 11.3 Å². The maximum absolute atomic E-state index is 13.9. The molecule has 0 saturated carbocycles. The van der Waals surface area contributed by atoms with Crippen molar-refractivity contribution in [2.24, 2.45) is 0 Å². The summed E-state index contributed by atoms with van der Waals surface area (Å²) in [5, 5.41) is 15.5. The van der Waals surface area contributed by atoms with Gasteiger partial charge in [-0.3, -0.25) is 10.1 Å². The molecule has 0 bridgehead atoms. The third-order valence-corrected chi connectivity index (χ3v) is 6.97. The molecule has 2 amide bonds. The highest BCUT2D eigenvalue weighted by atomic mass is 32.1. The lowest BCUT2D eigenvalue weighted by Gasteiger charge is -2.44. The maximum Gasteiger partial charge on any atom is 0.324 e. The number of carbonyl (C=O) groups is 2. The molecule has 1 aromatic heterocycles. The number of aromatic nitrogens is 1. The molecule has 180 valence electrons. The Hall–Kier alpha value is -3.75. The van der Waals surface area contributed by atoms with Crippen LogP contribution in [0.1, 0.15) is 24.5 Å². The molecule has 0 unspecified atom stereocenters. The van der Waals surface area contributed by atoms with Gasteiger partial charge < -0.3 is 15.3 Å². The number of fused-ring (bicyclic) bond motifs is 1. The second-order valence-electron chi connectivity index (χ2n) is 8.08. The van der Waals surface area contributed by atoms with Gasteiger partial charge in [0.25, 0.3) is 0 Å². The van der Waals surface area contributed by atoms with Gasteiger partial charge in [0.05, 0.1) is 22.3 Å². The van der Waals surface area contributed by atoms with Gasteiger partial charge in [-0.2, -0.15) is 0 Å². The predicted octanol–water partition coefficient (Wildman–Crippen LogP) is 5.16. The van der Waals surface area contributed by atoms with E-state index in [9.17, 15) is 9.59 Å². The average molecular weight is 489 g/mol. The molecule has 35 heavy (non-hydrogen) atoms. The number of carbonyl (C=O) groups excluding carboxylic acids is 1. The number of para-hydroxylation sites is 1. The third-order valence-electron chi connectivity index (χ3n) is 6.02. The number of nitrogens with one attached hydrogen (secondary N) is 2. The van der Waals surface area contributed by atoms with Gasteiger partial charge >= 0.3 is 12.0 Å². The Morgan fingerprint density at radius 1 is 0.943 bits per heavy atom. The third kappa shape index (κ3) is 5.34. The van der Waals surface area contributed by atoms with E-state index in [1.807, 2.05) is 84.9 Å². The van der Waals surface area contributed by atoms with Crippen LogP contribution < -0.4 is 10.6 Å². The molecule has 0 radical (unpaired) electrons. The number of rotatable bonds is 10. The summed E-state index contributed by atoms with van der Waals surface area (Å²) >= 11 is 1.42. The van der Waals surface area contributed by atoms with E-state index in [1.54, 1.807) is 4.90 Å². The number of carboxylic acids is 1. The minimum atomic E-state index is -0.941. The van der Waals surface area contributed by atoms with E-state index in [0.717, 1.165) is 21.3 Å². The molecule has 7 nitrogen and oxygen atoms in total. The van der Waals surface area contributed by atoms with Crippen molar-refractivity contribution in [3.05, 3.63) is 96.1 Å². The SMILES string of the molecule is CCC(c1ccccc1)(c1ccccc1)N(CCNCC(=O)O)C(=O)Nc1nc2ccccc2s1. The predicted molar refractivity (Wildman–Crippen MR) is 140 cm³/mol. The normalized spacial score (nSPS) is 11.3. The van der Waals surface area contributed by atoms with E-state index >= 15 is 0 Å². The molecule has 0 aliphatic heterocycles. The average Bonchev–Trinajstić information content (AvgIpc) is 3.29. The summed E-state index contributed by atoms with van der Waals surface area (Å²) in [5.41, 5.74) is 2.02. The summed E-state index contributed by atoms with van der Waals surface area (Å²) in [4.78, 5) is 31.3. The van der Waals surface area contributed by atoms with Gasteiger partial charge in [-0.1, -0.05) is 91.1 Å². The molecule has 8 heteroatoms. The largest absolute Gasteiger partial charge is 0.480 e. The van der Waals surface area contributed by atoms with Crippen LogP contribution in [0.25, 0.3) is 10.2 Å². The number of amides is 2. The zero-order valence-electron chi connectivity index (χ0n) is 19.5. The van der Waals surface area contributed by atoms with E-state index in [0.29, 0.717) is 24.6 Å². The van der Waals surface area contributed by atoms with Crippen molar-refractivity contribution in [2.75, 3.05) is 25.0 Å². The standard InChI is InChI=1S/C27H28N4O3S/c1-2-27(20-11-5-3-6-12-20,21-13-7-4-8-14-21)31(18-17-28-19-24(32)33)26(34)30-25-29-22-15-9-10-16-23(22)35-25/h3-16,28H,2,17-19H2,1H3,(H,32,33)(H,29,30,34). The zero-order chi connectivity index (χ0) is 24.7. The van der Waals surface area contributed by atoms with Crippen LogP contribution in [-0.2, 0) is 10.3 Å². The molecular formula is C27H28N4O3S. The Bertz CT molecular complexity index is 1200. The summed E-state index contributed by atoms with van der Waals surface area (Å²) in [6, 6.07) is 27.3. The van der Waals surface area contributed by atoms with Crippen molar-refractivity contribution >= 4 is 38.7 Å². The summed E-state index contributed by atoms with van der Waals surface area (Å²) in [7, 11) is 0. The highest BCUT2D eigenvalue weighted by Crippen LogP contribution is 2.39. The Balaban J connectivity index is 1.75. The highest BCUT2D eigenvalue weighted by Gasteiger charge is 2.41. The Morgan fingerprint density at radius 3 is 2.11 bits per heavy atom. The Labute approximate surface area is 208 Å². The van der Waals surface area contributed by atoms with Gasteiger partial charge in [0.1, 0.15) is 0 Å². The van der Waals surface area contributed by atoms with Crippen LogP contribution in [0.2, 0.25) is 0 Å². The summed E-state index contributed by atoms with van der Waals surface area (Å²) in [6.45, 7) is 2.49. The number of hydrogen-bond acceptors (Lipinski definition) is 5. The Morgan fingerprint density at radius 2 is 1.54 bits per heavy atom. The molecule has 0 spiro atoms. The molecular weight excluding hydrogens is 460 g/mol. The molecule has 0 aliphatic rings. The van der Waals surface area contributed by atoms with Crippen LogP contribution in [0, 0.1) is 0 Å². The van der Waals surface area contributed by atoms with E-state index in [-0.39, 0.29) is 12.6 Å². The van der Waals surface area contributed by atoms with Crippen molar-refractivity contribution in [3.8, 4) is 0 Å². The molecule has 3 N–H and O–H groups in total. The molecule has 0 saturated heterocycles. The smallest absolute Gasteiger partial charge is 0.324 e. The lowest BCUT2D eigenvalue weighted by atomic mass is 9.79. The molecule has 4 rings (SSSR count). The number of urea groups is 1. The van der Waals surface area contributed by atoms with E-state index in [2.05, 4.69) is 22.5 Å². The second-order valence-corrected chi connectivity index (χ2v) is 9.12. The fraction of sp³-hybridized carbons (Fsp3) is 0.222. The molecule has 0 atom stereocenters. The van der Waals surface area contributed by atoms with Crippen LogP contribution in [0.4, 0.5) is 9.93 Å². The van der Waals surface area contributed by atoms with Crippen LogP contribution >= 0.6 is 11.3 Å². The molecule has 3 aromatic carbocycles. The van der Waals surface area contributed by atoms with E-state index < -0.39 is 11.5 Å². The van der Waals surface area contributed by atoms with Crippen LogP contribution in [-0.4, -0.2) is 46.6 Å². The van der Waals surface area contributed by atoms with Crippen molar-refractivity contribution in [2.45, 2.75) is 18.9 Å². The highest BCUT2D eigenvalue weighted by molar-refractivity contribution is 7.22. The zero-order valence-corrected chi connectivity index (χ0v) is 20.3. The van der Waals surface area contributed by atoms with Gasteiger partial charge in [-0.05, 0) is 29.7 Å². The lowest BCUT2D eigenvalue weighted by molar-refractivity contribution is -0.135. The van der Waals surface area contributed by atoms with Gasteiger partial charge in [-0.15, -0.1) is 0 Å². The van der Waals surface area contributed by atoms with Crippen molar-refractivity contribution in [3.63, 3.8) is 0 Å². The second kappa shape index (κ2) is 11.1. The molecule has 4 aromatic rings. The maximum atomic E-state index is 13.9. The van der Waals surface area contributed by atoms with Crippen molar-refractivity contribution in [1.82, 2.24) is 15.2 Å². The number of carboxylic acid groups (broad SMARTS) is 1. The molecule has 1 heterocycles.